The van der Waals surface area contributed by atoms with Gasteiger partial charge in [-0.3, -0.25) is 4.90 Å². The van der Waals surface area contributed by atoms with Crippen LogP contribution < -0.4 is 5.32 Å². The Morgan fingerprint density at radius 1 is 1.22 bits per heavy atom. The molecule has 2 rings (SSSR count). The molecule has 2 nitrogen and oxygen atoms in total. The van der Waals surface area contributed by atoms with Crippen molar-refractivity contribution in [3.63, 3.8) is 0 Å². The number of nitrogens with one attached hydrogen (secondary N) is 1. The van der Waals surface area contributed by atoms with Crippen LogP contribution in [0.25, 0.3) is 0 Å². The zero-order valence-electron chi connectivity index (χ0n) is 11.7. The van der Waals surface area contributed by atoms with Gasteiger partial charge in [-0.25, -0.2) is 0 Å². The van der Waals surface area contributed by atoms with Gasteiger partial charge in [0.15, 0.2) is 0 Å². The van der Waals surface area contributed by atoms with Crippen LogP contribution in [0.2, 0.25) is 0 Å². The van der Waals surface area contributed by atoms with Crippen LogP contribution in [0.1, 0.15) is 23.1 Å². The van der Waals surface area contributed by atoms with E-state index in [1.165, 1.54) is 36.2 Å². The number of halogens is 1. The molecule has 0 radical (unpaired) electrons. The maximum atomic E-state index is 3.29. The zero-order valence-corrected chi connectivity index (χ0v) is 12.5. The third-order valence-corrected chi connectivity index (χ3v) is 3.55. The van der Waals surface area contributed by atoms with E-state index in [1.807, 2.05) is 7.05 Å². The van der Waals surface area contributed by atoms with Crippen molar-refractivity contribution in [1.29, 1.82) is 0 Å². The summed E-state index contributed by atoms with van der Waals surface area (Å²) in [6, 6.07) is 6.88. The van der Waals surface area contributed by atoms with Crippen molar-refractivity contribution in [3.8, 4) is 0 Å². The Labute approximate surface area is 117 Å². The van der Waals surface area contributed by atoms with E-state index in [2.05, 4.69) is 42.3 Å². The average Bonchev–Trinajstić information content (AvgIpc) is 2.64. The number of nitrogens with zero attached hydrogens (tertiary/aromatic N) is 1. The highest BCUT2D eigenvalue weighted by molar-refractivity contribution is 5.85. The number of hydrogen-bond acceptors (Lipinski definition) is 2. The molecule has 1 aromatic rings. The van der Waals surface area contributed by atoms with Crippen molar-refractivity contribution in [3.05, 3.63) is 34.9 Å². The van der Waals surface area contributed by atoms with Crippen LogP contribution in [0.5, 0.6) is 0 Å². The van der Waals surface area contributed by atoms with Gasteiger partial charge in [0, 0.05) is 13.1 Å². The second-order valence-corrected chi connectivity index (χ2v) is 5.44. The molecule has 3 heteroatoms. The maximum Gasteiger partial charge on any atom is 0.0234 e. The minimum atomic E-state index is 0. The Balaban J connectivity index is 0.00000162. The predicted octanol–water partition coefficient (Wildman–Crippen LogP) is 2.77. The molecular weight excluding hydrogens is 244 g/mol. The first-order valence-electron chi connectivity index (χ1n) is 6.61. The van der Waals surface area contributed by atoms with Crippen molar-refractivity contribution in [2.24, 2.45) is 5.92 Å². The van der Waals surface area contributed by atoms with Crippen molar-refractivity contribution < 1.29 is 0 Å². The Morgan fingerprint density at radius 2 is 1.89 bits per heavy atom. The fourth-order valence-corrected chi connectivity index (χ4v) is 2.93. The van der Waals surface area contributed by atoms with Gasteiger partial charge in [-0.15, -0.1) is 12.4 Å². The Hall–Kier alpha value is -0.570. The fourth-order valence-electron chi connectivity index (χ4n) is 2.93. The lowest BCUT2D eigenvalue weighted by atomic mass is 10.1. The van der Waals surface area contributed by atoms with E-state index in [0.717, 1.165) is 19.0 Å². The standard InChI is InChI=1S/C15H24N2.ClH/c1-12-6-13(2)8-15(7-12)11-17-5-4-14(10-17)9-16-3;/h6-8,14,16H,4-5,9-11H2,1-3H3;1H. The highest BCUT2D eigenvalue weighted by Crippen LogP contribution is 2.19. The summed E-state index contributed by atoms with van der Waals surface area (Å²) in [5, 5.41) is 3.29. The average molecular weight is 269 g/mol. The molecular formula is C15H25ClN2. The molecule has 1 atom stereocenters. The van der Waals surface area contributed by atoms with Gasteiger partial charge in [0.05, 0.1) is 0 Å². The van der Waals surface area contributed by atoms with Crippen molar-refractivity contribution in [2.75, 3.05) is 26.7 Å². The molecule has 1 saturated heterocycles. The Kier molecular flexibility index (Phi) is 6.13. The van der Waals surface area contributed by atoms with Crippen molar-refractivity contribution in [2.45, 2.75) is 26.8 Å². The number of benzene rings is 1. The molecule has 1 unspecified atom stereocenters. The molecule has 1 aliphatic heterocycles. The molecule has 1 heterocycles. The summed E-state index contributed by atoms with van der Waals surface area (Å²) in [4.78, 5) is 2.58. The second kappa shape index (κ2) is 7.13. The van der Waals surface area contributed by atoms with E-state index in [4.69, 9.17) is 0 Å². The Bertz CT molecular complexity index is 359. The highest BCUT2D eigenvalue weighted by Gasteiger charge is 2.21. The summed E-state index contributed by atoms with van der Waals surface area (Å²) >= 11 is 0. The molecule has 0 spiro atoms. The van der Waals surface area contributed by atoms with Gasteiger partial charge in [-0.05, 0) is 51.9 Å². The van der Waals surface area contributed by atoms with Crippen LogP contribution in [-0.2, 0) is 6.54 Å². The summed E-state index contributed by atoms with van der Waals surface area (Å²) in [6.45, 7) is 9.13. The smallest absolute Gasteiger partial charge is 0.0234 e. The maximum absolute atomic E-state index is 3.29. The SMILES string of the molecule is CNCC1CCN(Cc2cc(C)cc(C)c2)C1.Cl. The summed E-state index contributed by atoms with van der Waals surface area (Å²) < 4.78 is 0. The molecule has 1 fully saturated rings. The summed E-state index contributed by atoms with van der Waals surface area (Å²) in [6.07, 6.45) is 1.34. The van der Waals surface area contributed by atoms with E-state index in [-0.39, 0.29) is 12.4 Å². The topological polar surface area (TPSA) is 15.3 Å². The zero-order chi connectivity index (χ0) is 12.3. The van der Waals surface area contributed by atoms with Crippen LogP contribution >= 0.6 is 12.4 Å². The lowest BCUT2D eigenvalue weighted by Crippen LogP contribution is -2.24. The number of aryl methyl sites for hydroxylation is 2. The number of likely N-dealkylation sites (tertiary alicyclic amines) is 1. The first kappa shape index (κ1) is 15.5. The van der Waals surface area contributed by atoms with Crippen LogP contribution in [-0.4, -0.2) is 31.6 Å². The molecule has 0 bridgehead atoms. The van der Waals surface area contributed by atoms with Crippen molar-refractivity contribution in [1.82, 2.24) is 10.2 Å². The van der Waals surface area contributed by atoms with Gasteiger partial charge >= 0.3 is 0 Å². The lowest BCUT2D eigenvalue weighted by Gasteiger charge is -2.17. The van der Waals surface area contributed by atoms with Gasteiger partial charge in [0.25, 0.3) is 0 Å². The quantitative estimate of drug-likeness (QED) is 0.903. The molecule has 1 aliphatic rings. The highest BCUT2D eigenvalue weighted by atomic mass is 35.5. The molecule has 0 saturated carbocycles. The molecule has 18 heavy (non-hydrogen) atoms. The third-order valence-electron chi connectivity index (χ3n) is 3.55. The van der Waals surface area contributed by atoms with Gasteiger partial charge in [-0.1, -0.05) is 29.3 Å². The Morgan fingerprint density at radius 3 is 2.50 bits per heavy atom. The number of hydrogen-bond donors (Lipinski definition) is 1. The van der Waals surface area contributed by atoms with E-state index in [9.17, 15) is 0 Å². The molecule has 0 aliphatic carbocycles. The van der Waals surface area contributed by atoms with Gasteiger partial charge in [0.1, 0.15) is 0 Å². The van der Waals surface area contributed by atoms with Gasteiger partial charge < -0.3 is 5.32 Å². The van der Waals surface area contributed by atoms with E-state index >= 15 is 0 Å². The first-order chi connectivity index (χ1) is 8.17. The van der Waals surface area contributed by atoms with Crippen LogP contribution in [0, 0.1) is 19.8 Å². The van der Waals surface area contributed by atoms with Gasteiger partial charge in [-0.2, -0.15) is 0 Å². The summed E-state index contributed by atoms with van der Waals surface area (Å²) in [5.41, 5.74) is 4.23. The molecule has 1 N–H and O–H groups in total. The number of rotatable bonds is 4. The molecule has 0 amide bonds. The molecule has 0 aromatic heterocycles. The van der Waals surface area contributed by atoms with Crippen LogP contribution in [0.4, 0.5) is 0 Å². The second-order valence-electron chi connectivity index (χ2n) is 5.44. The largest absolute Gasteiger partial charge is 0.319 e. The fraction of sp³-hybridized carbons (Fsp3) is 0.600. The minimum Gasteiger partial charge on any atom is -0.319 e. The lowest BCUT2D eigenvalue weighted by molar-refractivity contribution is 0.315. The van der Waals surface area contributed by atoms with Crippen molar-refractivity contribution >= 4 is 12.4 Å². The predicted molar refractivity (Wildman–Crippen MR) is 80.5 cm³/mol. The first-order valence-corrected chi connectivity index (χ1v) is 6.61. The summed E-state index contributed by atoms with van der Waals surface area (Å²) in [7, 11) is 2.05. The molecule has 1 aromatic carbocycles. The van der Waals surface area contributed by atoms with Crippen LogP contribution in [0.15, 0.2) is 18.2 Å². The monoisotopic (exact) mass is 268 g/mol. The molecule has 102 valence electrons. The van der Waals surface area contributed by atoms with Gasteiger partial charge in [0.2, 0.25) is 0 Å². The minimum absolute atomic E-state index is 0. The van der Waals surface area contributed by atoms with E-state index < -0.39 is 0 Å². The summed E-state index contributed by atoms with van der Waals surface area (Å²) in [5.74, 6) is 0.839. The normalized spacial score (nSPS) is 19.8. The van der Waals surface area contributed by atoms with E-state index in [1.54, 1.807) is 0 Å². The van der Waals surface area contributed by atoms with Crippen LogP contribution in [0.3, 0.4) is 0 Å². The van der Waals surface area contributed by atoms with E-state index in [0.29, 0.717) is 0 Å². The third kappa shape index (κ3) is 4.27.